The number of hydrogen-bond acceptors (Lipinski definition) is 3. The third kappa shape index (κ3) is 2.83. The van der Waals surface area contributed by atoms with E-state index in [1.165, 1.54) is 16.2 Å². The van der Waals surface area contributed by atoms with Crippen LogP contribution in [-0.4, -0.2) is 36.1 Å². The standard InChI is InChI=1S/C15H15F3N2OS/c16-15(17,18)11-6-20(7-12(11)19)14(21)5-9-8-22-13-4-2-1-3-10(9)13/h1-4,8,11-12H,5-7,19H2/t11-,12-/m1/s1. The molecule has 0 aliphatic carbocycles. The zero-order valence-electron chi connectivity index (χ0n) is 11.6. The van der Waals surface area contributed by atoms with Gasteiger partial charge in [0, 0.05) is 23.8 Å². The van der Waals surface area contributed by atoms with E-state index in [2.05, 4.69) is 0 Å². The maximum atomic E-state index is 12.8. The molecule has 1 aromatic carbocycles. The van der Waals surface area contributed by atoms with E-state index < -0.39 is 18.1 Å². The van der Waals surface area contributed by atoms with Gasteiger partial charge in [-0.1, -0.05) is 18.2 Å². The predicted molar refractivity (Wildman–Crippen MR) is 79.6 cm³/mol. The summed E-state index contributed by atoms with van der Waals surface area (Å²) in [5.41, 5.74) is 6.40. The molecule has 2 heterocycles. The average molecular weight is 328 g/mol. The van der Waals surface area contributed by atoms with Crippen LogP contribution >= 0.6 is 11.3 Å². The Labute approximate surface area is 129 Å². The van der Waals surface area contributed by atoms with Crippen molar-refractivity contribution in [3.05, 3.63) is 35.2 Å². The van der Waals surface area contributed by atoms with Gasteiger partial charge in [-0.15, -0.1) is 11.3 Å². The van der Waals surface area contributed by atoms with E-state index in [4.69, 9.17) is 5.73 Å². The van der Waals surface area contributed by atoms with E-state index in [9.17, 15) is 18.0 Å². The summed E-state index contributed by atoms with van der Waals surface area (Å²) in [5.74, 6) is -1.93. The Balaban J connectivity index is 1.73. The molecule has 118 valence electrons. The number of carbonyl (C=O) groups is 1. The number of thiophene rings is 1. The van der Waals surface area contributed by atoms with Gasteiger partial charge in [-0.3, -0.25) is 4.79 Å². The first-order chi connectivity index (χ1) is 10.4. The minimum absolute atomic E-state index is 0.0366. The second-order valence-corrected chi connectivity index (χ2v) is 6.46. The lowest BCUT2D eigenvalue weighted by Gasteiger charge is -2.18. The van der Waals surface area contributed by atoms with Crippen molar-refractivity contribution in [2.45, 2.75) is 18.6 Å². The third-order valence-electron chi connectivity index (χ3n) is 4.04. The quantitative estimate of drug-likeness (QED) is 0.921. The van der Waals surface area contributed by atoms with Gasteiger partial charge in [-0.25, -0.2) is 0 Å². The summed E-state index contributed by atoms with van der Waals surface area (Å²) in [7, 11) is 0. The molecule has 2 N–H and O–H groups in total. The Bertz CT molecular complexity index is 697. The second-order valence-electron chi connectivity index (χ2n) is 5.54. The summed E-state index contributed by atoms with van der Waals surface area (Å²) in [5, 5.41) is 2.87. The monoisotopic (exact) mass is 328 g/mol. The van der Waals surface area contributed by atoms with Crippen LogP contribution in [0.15, 0.2) is 29.6 Å². The Morgan fingerprint density at radius 3 is 2.73 bits per heavy atom. The maximum Gasteiger partial charge on any atom is 0.395 e. The Morgan fingerprint density at radius 1 is 1.32 bits per heavy atom. The zero-order chi connectivity index (χ0) is 15.9. The SMILES string of the molecule is N[C@@H]1CN(C(=O)Cc2csc3ccccc23)C[C@H]1C(F)(F)F. The number of amides is 1. The molecular formula is C15H15F3N2OS. The molecule has 0 bridgehead atoms. The van der Waals surface area contributed by atoms with Crippen LogP contribution in [0.3, 0.4) is 0 Å². The number of nitrogens with two attached hydrogens (primary N) is 1. The summed E-state index contributed by atoms with van der Waals surface area (Å²) in [6.07, 6.45) is -4.25. The van der Waals surface area contributed by atoms with Crippen LogP contribution in [0.25, 0.3) is 10.1 Å². The fourth-order valence-electron chi connectivity index (χ4n) is 2.82. The van der Waals surface area contributed by atoms with Gasteiger partial charge in [0.1, 0.15) is 0 Å². The van der Waals surface area contributed by atoms with Crippen LogP contribution < -0.4 is 5.73 Å². The number of carbonyl (C=O) groups excluding carboxylic acids is 1. The third-order valence-corrected chi connectivity index (χ3v) is 5.05. The molecule has 0 radical (unpaired) electrons. The van der Waals surface area contributed by atoms with Crippen molar-refractivity contribution in [3.63, 3.8) is 0 Å². The van der Waals surface area contributed by atoms with Crippen molar-refractivity contribution in [1.29, 1.82) is 0 Å². The summed E-state index contributed by atoms with van der Waals surface area (Å²) in [6.45, 7) is -0.378. The first kappa shape index (κ1) is 15.3. The lowest BCUT2D eigenvalue weighted by molar-refractivity contribution is -0.173. The van der Waals surface area contributed by atoms with Gasteiger partial charge in [0.05, 0.1) is 12.3 Å². The Morgan fingerprint density at radius 2 is 2.05 bits per heavy atom. The van der Waals surface area contributed by atoms with Crippen LogP contribution in [0, 0.1) is 5.92 Å². The highest BCUT2D eigenvalue weighted by molar-refractivity contribution is 7.17. The first-order valence-corrected chi connectivity index (χ1v) is 7.79. The number of benzene rings is 1. The van der Waals surface area contributed by atoms with Crippen LogP contribution in [0.2, 0.25) is 0 Å². The number of nitrogens with zero attached hydrogens (tertiary/aromatic N) is 1. The van der Waals surface area contributed by atoms with Crippen molar-refractivity contribution in [2.24, 2.45) is 11.7 Å². The van der Waals surface area contributed by atoms with Crippen molar-refractivity contribution in [1.82, 2.24) is 4.90 Å². The van der Waals surface area contributed by atoms with E-state index in [0.717, 1.165) is 15.6 Å². The number of fused-ring (bicyclic) bond motifs is 1. The molecule has 0 spiro atoms. The molecule has 3 nitrogen and oxygen atoms in total. The molecular weight excluding hydrogens is 313 g/mol. The summed E-state index contributed by atoms with van der Waals surface area (Å²) < 4.78 is 39.5. The zero-order valence-corrected chi connectivity index (χ0v) is 12.5. The molecule has 1 aromatic heterocycles. The van der Waals surface area contributed by atoms with Gasteiger partial charge in [-0.05, 0) is 22.4 Å². The van der Waals surface area contributed by atoms with E-state index in [-0.39, 0.29) is 25.4 Å². The molecule has 7 heteroatoms. The molecule has 1 aliphatic heterocycles. The topological polar surface area (TPSA) is 46.3 Å². The number of alkyl halides is 3. The highest BCUT2D eigenvalue weighted by Gasteiger charge is 2.49. The largest absolute Gasteiger partial charge is 0.395 e. The molecule has 1 fully saturated rings. The number of likely N-dealkylation sites (tertiary alicyclic amines) is 1. The van der Waals surface area contributed by atoms with Gasteiger partial charge in [0.25, 0.3) is 0 Å². The minimum Gasteiger partial charge on any atom is -0.340 e. The fraction of sp³-hybridized carbons (Fsp3) is 0.400. The number of hydrogen-bond donors (Lipinski definition) is 1. The molecule has 22 heavy (non-hydrogen) atoms. The number of halogens is 3. The van der Waals surface area contributed by atoms with E-state index in [1.807, 2.05) is 29.6 Å². The lowest BCUT2D eigenvalue weighted by Crippen LogP contribution is -2.38. The van der Waals surface area contributed by atoms with Gasteiger partial charge in [0.2, 0.25) is 5.91 Å². The highest BCUT2D eigenvalue weighted by atomic mass is 32.1. The Kier molecular flexibility index (Phi) is 3.86. The first-order valence-electron chi connectivity index (χ1n) is 6.91. The summed E-state index contributed by atoms with van der Waals surface area (Å²) >= 11 is 1.53. The molecule has 2 atom stereocenters. The van der Waals surface area contributed by atoms with E-state index in [0.29, 0.717) is 0 Å². The smallest absolute Gasteiger partial charge is 0.340 e. The molecule has 2 aromatic rings. The van der Waals surface area contributed by atoms with Crippen LogP contribution in [0.1, 0.15) is 5.56 Å². The normalized spacial score (nSPS) is 22.5. The fourth-order valence-corrected chi connectivity index (χ4v) is 3.79. The molecule has 0 saturated carbocycles. The van der Waals surface area contributed by atoms with E-state index in [1.54, 1.807) is 0 Å². The molecule has 1 aliphatic rings. The van der Waals surface area contributed by atoms with Gasteiger partial charge in [-0.2, -0.15) is 13.2 Å². The molecule has 1 amide bonds. The molecule has 1 saturated heterocycles. The van der Waals surface area contributed by atoms with Crippen LogP contribution in [0.4, 0.5) is 13.2 Å². The lowest BCUT2D eigenvalue weighted by atomic mass is 10.0. The van der Waals surface area contributed by atoms with Crippen molar-refractivity contribution >= 4 is 27.3 Å². The van der Waals surface area contributed by atoms with Gasteiger partial charge >= 0.3 is 6.18 Å². The summed E-state index contributed by atoms with van der Waals surface area (Å²) in [6, 6.07) is 6.64. The summed E-state index contributed by atoms with van der Waals surface area (Å²) in [4.78, 5) is 13.5. The van der Waals surface area contributed by atoms with Gasteiger partial charge in [0.15, 0.2) is 0 Å². The predicted octanol–water partition coefficient (Wildman–Crippen LogP) is 2.79. The highest BCUT2D eigenvalue weighted by Crippen LogP contribution is 2.33. The minimum atomic E-state index is -4.36. The van der Waals surface area contributed by atoms with E-state index >= 15 is 0 Å². The van der Waals surface area contributed by atoms with Crippen molar-refractivity contribution in [3.8, 4) is 0 Å². The average Bonchev–Trinajstić information content (AvgIpc) is 3.03. The number of rotatable bonds is 2. The second kappa shape index (κ2) is 5.55. The Hall–Kier alpha value is -1.60. The molecule has 0 unspecified atom stereocenters. The maximum absolute atomic E-state index is 12.8. The van der Waals surface area contributed by atoms with Crippen LogP contribution in [0.5, 0.6) is 0 Å². The van der Waals surface area contributed by atoms with Crippen molar-refractivity contribution < 1.29 is 18.0 Å². The van der Waals surface area contributed by atoms with Gasteiger partial charge < -0.3 is 10.6 Å². The van der Waals surface area contributed by atoms with Crippen LogP contribution in [-0.2, 0) is 11.2 Å². The molecule has 3 rings (SSSR count). The van der Waals surface area contributed by atoms with Crippen molar-refractivity contribution in [2.75, 3.05) is 13.1 Å².